The van der Waals surface area contributed by atoms with Crippen LogP contribution < -0.4 is 14.8 Å². The lowest BCUT2D eigenvalue weighted by molar-refractivity contribution is 0.0947. The van der Waals surface area contributed by atoms with Gasteiger partial charge in [-0.05, 0) is 31.2 Å². The Morgan fingerprint density at radius 3 is 2.78 bits per heavy atom. The minimum Gasteiger partial charge on any atom is -0.490 e. The van der Waals surface area contributed by atoms with Crippen LogP contribution in [0.15, 0.2) is 42.7 Å². The molecule has 2 heterocycles. The van der Waals surface area contributed by atoms with Gasteiger partial charge in [0.1, 0.15) is 23.1 Å². The molecule has 0 radical (unpaired) electrons. The van der Waals surface area contributed by atoms with Crippen molar-refractivity contribution in [1.82, 2.24) is 15.3 Å². The standard InChI is InChI=1S/C19H18ClN3O4/c1-11(24)10-26-17-9-15-12(8-13(17)18(25)21-2)16(5-7-22-15)27-19-14(20)4-3-6-23-19/h3-9,11,24H,10H2,1-2H3,(H,21,25). The lowest BCUT2D eigenvalue weighted by Crippen LogP contribution is -2.20. The first-order valence-corrected chi connectivity index (χ1v) is 8.61. The van der Waals surface area contributed by atoms with Crippen LogP contribution in [0.5, 0.6) is 17.4 Å². The Labute approximate surface area is 160 Å². The summed E-state index contributed by atoms with van der Waals surface area (Å²) in [5, 5.41) is 13.0. The van der Waals surface area contributed by atoms with E-state index in [0.717, 1.165) is 0 Å². The Bertz CT molecular complexity index is 978. The van der Waals surface area contributed by atoms with Crippen LogP contribution in [0, 0.1) is 0 Å². The van der Waals surface area contributed by atoms with E-state index in [9.17, 15) is 9.90 Å². The van der Waals surface area contributed by atoms with Crippen molar-refractivity contribution in [2.75, 3.05) is 13.7 Å². The van der Waals surface area contributed by atoms with E-state index in [4.69, 9.17) is 21.1 Å². The molecule has 0 aliphatic rings. The van der Waals surface area contributed by atoms with Gasteiger partial charge in [0.15, 0.2) is 0 Å². The molecule has 7 nitrogen and oxygen atoms in total. The number of amides is 1. The normalized spacial score (nSPS) is 11.9. The first kappa shape index (κ1) is 18.9. The first-order valence-electron chi connectivity index (χ1n) is 8.23. The average Bonchev–Trinajstić information content (AvgIpc) is 2.67. The second kappa shape index (κ2) is 8.20. The second-order valence-corrected chi connectivity index (χ2v) is 6.21. The predicted molar refractivity (Wildman–Crippen MR) is 102 cm³/mol. The zero-order valence-corrected chi connectivity index (χ0v) is 15.5. The number of carbonyl (C=O) groups excluding carboxylic acids is 1. The molecule has 0 saturated heterocycles. The van der Waals surface area contributed by atoms with E-state index in [1.165, 1.54) is 7.05 Å². The van der Waals surface area contributed by atoms with Gasteiger partial charge in [-0.2, -0.15) is 0 Å². The highest BCUT2D eigenvalue weighted by Crippen LogP contribution is 2.34. The second-order valence-electron chi connectivity index (χ2n) is 5.81. The van der Waals surface area contributed by atoms with Crippen molar-refractivity contribution in [3.8, 4) is 17.4 Å². The van der Waals surface area contributed by atoms with Gasteiger partial charge in [-0.15, -0.1) is 0 Å². The summed E-state index contributed by atoms with van der Waals surface area (Å²) in [5.41, 5.74) is 0.864. The van der Waals surface area contributed by atoms with Crippen LogP contribution in [0.2, 0.25) is 5.02 Å². The fourth-order valence-electron chi connectivity index (χ4n) is 2.43. The molecule has 0 aliphatic carbocycles. The largest absolute Gasteiger partial charge is 0.490 e. The zero-order valence-electron chi connectivity index (χ0n) is 14.8. The summed E-state index contributed by atoms with van der Waals surface area (Å²) < 4.78 is 11.4. The van der Waals surface area contributed by atoms with Gasteiger partial charge in [0.25, 0.3) is 5.91 Å². The predicted octanol–water partition coefficient (Wildman–Crippen LogP) is 3.19. The maximum absolute atomic E-state index is 12.3. The van der Waals surface area contributed by atoms with Gasteiger partial charge >= 0.3 is 0 Å². The first-order chi connectivity index (χ1) is 13.0. The van der Waals surface area contributed by atoms with Crippen LogP contribution >= 0.6 is 11.6 Å². The fourth-order valence-corrected chi connectivity index (χ4v) is 2.59. The number of hydrogen-bond donors (Lipinski definition) is 2. The number of ether oxygens (including phenoxy) is 2. The zero-order chi connectivity index (χ0) is 19.4. The van der Waals surface area contributed by atoms with Crippen molar-refractivity contribution < 1.29 is 19.4 Å². The fraction of sp³-hybridized carbons (Fsp3) is 0.211. The van der Waals surface area contributed by atoms with E-state index >= 15 is 0 Å². The Hall–Kier alpha value is -2.90. The molecule has 3 rings (SSSR count). The molecular weight excluding hydrogens is 370 g/mol. The number of aromatic nitrogens is 2. The lowest BCUT2D eigenvalue weighted by atomic mass is 10.1. The summed E-state index contributed by atoms with van der Waals surface area (Å²) in [6.45, 7) is 1.65. The molecule has 27 heavy (non-hydrogen) atoms. The maximum atomic E-state index is 12.3. The van der Waals surface area contributed by atoms with E-state index in [1.807, 2.05) is 0 Å². The molecule has 8 heteroatoms. The van der Waals surface area contributed by atoms with Gasteiger partial charge in [0.05, 0.1) is 17.2 Å². The summed E-state index contributed by atoms with van der Waals surface area (Å²) in [4.78, 5) is 20.7. The number of halogens is 1. The molecular formula is C19H18ClN3O4. The van der Waals surface area contributed by atoms with Gasteiger partial charge in [0, 0.05) is 30.9 Å². The van der Waals surface area contributed by atoms with Crippen molar-refractivity contribution in [3.63, 3.8) is 0 Å². The highest BCUT2D eigenvalue weighted by Gasteiger charge is 2.17. The average molecular weight is 388 g/mol. The summed E-state index contributed by atoms with van der Waals surface area (Å²) >= 11 is 6.11. The monoisotopic (exact) mass is 387 g/mol. The van der Waals surface area contributed by atoms with Crippen LogP contribution in [0.1, 0.15) is 17.3 Å². The van der Waals surface area contributed by atoms with Gasteiger partial charge in [-0.3, -0.25) is 9.78 Å². The van der Waals surface area contributed by atoms with Crippen LogP contribution in [0.4, 0.5) is 0 Å². The summed E-state index contributed by atoms with van der Waals surface area (Å²) in [5.74, 6) is 0.696. The molecule has 1 atom stereocenters. The summed E-state index contributed by atoms with van der Waals surface area (Å²) in [7, 11) is 1.53. The van der Waals surface area contributed by atoms with Crippen LogP contribution in [0.3, 0.4) is 0 Å². The third-order valence-electron chi connectivity index (χ3n) is 3.69. The molecule has 0 bridgehead atoms. The Morgan fingerprint density at radius 2 is 2.07 bits per heavy atom. The number of nitrogens with zero attached hydrogens (tertiary/aromatic N) is 2. The number of benzene rings is 1. The molecule has 1 amide bonds. The molecule has 3 aromatic rings. The number of hydrogen-bond acceptors (Lipinski definition) is 6. The number of nitrogens with one attached hydrogen (secondary N) is 1. The SMILES string of the molecule is CNC(=O)c1cc2c(Oc3ncccc3Cl)ccnc2cc1OCC(C)O. The minimum atomic E-state index is -0.674. The van der Waals surface area contributed by atoms with Gasteiger partial charge < -0.3 is 19.9 Å². The van der Waals surface area contributed by atoms with Crippen LogP contribution in [0.25, 0.3) is 10.9 Å². The van der Waals surface area contributed by atoms with Crippen molar-refractivity contribution in [3.05, 3.63) is 53.3 Å². The van der Waals surface area contributed by atoms with Crippen molar-refractivity contribution >= 4 is 28.4 Å². The van der Waals surface area contributed by atoms with E-state index in [1.54, 1.807) is 49.6 Å². The van der Waals surface area contributed by atoms with E-state index in [0.29, 0.717) is 33.0 Å². The Kier molecular flexibility index (Phi) is 5.73. The molecule has 0 spiro atoms. The van der Waals surface area contributed by atoms with E-state index in [-0.39, 0.29) is 18.4 Å². The smallest absolute Gasteiger partial charge is 0.254 e. The molecule has 2 N–H and O–H groups in total. The molecule has 1 unspecified atom stereocenters. The highest BCUT2D eigenvalue weighted by molar-refractivity contribution is 6.31. The van der Waals surface area contributed by atoms with E-state index in [2.05, 4.69) is 15.3 Å². The highest BCUT2D eigenvalue weighted by atomic mass is 35.5. The van der Waals surface area contributed by atoms with Crippen molar-refractivity contribution in [2.45, 2.75) is 13.0 Å². The number of rotatable bonds is 6. The number of aliphatic hydroxyl groups excluding tert-OH is 1. The van der Waals surface area contributed by atoms with E-state index < -0.39 is 6.10 Å². The quantitative estimate of drug-likeness (QED) is 0.674. The van der Waals surface area contributed by atoms with Gasteiger partial charge in [-0.1, -0.05) is 11.6 Å². The summed E-state index contributed by atoms with van der Waals surface area (Å²) in [6.07, 6.45) is 2.47. The third kappa shape index (κ3) is 4.27. The van der Waals surface area contributed by atoms with Gasteiger partial charge in [0.2, 0.25) is 5.88 Å². The Balaban J connectivity index is 2.09. The molecule has 1 aromatic carbocycles. The molecule has 2 aromatic heterocycles. The maximum Gasteiger partial charge on any atom is 0.254 e. The number of aliphatic hydroxyl groups is 1. The Morgan fingerprint density at radius 1 is 1.26 bits per heavy atom. The minimum absolute atomic E-state index is 0.0508. The number of carbonyl (C=O) groups is 1. The number of fused-ring (bicyclic) bond motifs is 1. The number of pyridine rings is 2. The third-order valence-corrected chi connectivity index (χ3v) is 3.97. The van der Waals surface area contributed by atoms with Crippen LogP contribution in [-0.4, -0.2) is 40.7 Å². The molecule has 0 aliphatic heterocycles. The lowest BCUT2D eigenvalue weighted by Gasteiger charge is -2.15. The molecule has 0 fully saturated rings. The molecule has 140 valence electrons. The van der Waals surface area contributed by atoms with Crippen molar-refractivity contribution in [2.24, 2.45) is 0 Å². The summed E-state index contributed by atoms with van der Waals surface area (Å²) in [6, 6.07) is 8.30. The topological polar surface area (TPSA) is 93.6 Å². The van der Waals surface area contributed by atoms with Crippen LogP contribution in [-0.2, 0) is 0 Å². The van der Waals surface area contributed by atoms with Gasteiger partial charge in [-0.25, -0.2) is 4.98 Å². The van der Waals surface area contributed by atoms with Crippen molar-refractivity contribution in [1.29, 1.82) is 0 Å². The molecule has 0 saturated carbocycles.